The van der Waals surface area contributed by atoms with Gasteiger partial charge in [0, 0.05) is 23.5 Å². The number of anilines is 1. The molecule has 2 amide bonds. The van der Waals surface area contributed by atoms with Crippen LogP contribution in [0.4, 0.5) is 5.13 Å². The van der Waals surface area contributed by atoms with E-state index < -0.39 is 0 Å². The average Bonchev–Trinajstić information content (AvgIpc) is 3.05. The van der Waals surface area contributed by atoms with Gasteiger partial charge in [0.15, 0.2) is 5.13 Å². The second-order valence-electron chi connectivity index (χ2n) is 5.94. The molecular weight excluding hydrogens is 298 g/mol. The van der Waals surface area contributed by atoms with Gasteiger partial charge in [-0.3, -0.25) is 9.59 Å². The Balaban J connectivity index is 1.98. The van der Waals surface area contributed by atoms with Gasteiger partial charge in [0.1, 0.15) is 6.54 Å². The summed E-state index contributed by atoms with van der Waals surface area (Å²) in [5.41, 5.74) is 0. The van der Waals surface area contributed by atoms with Gasteiger partial charge in [-0.2, -0.15) is 0 Å². The molecule has 1 aromatic heterocycles. The van der Waals surface area contributed by atoms with Crippen LogP contribution in [0.2, 0.25) is 0 Å². The van der Waals surface area contributed by atoms with Crippen molar-refractivity contribution in [2.45, 2.75) is 58.4 Å². The molecule has 2 rings (SSSR count). The smallest absolute Gasteiger partial charge is 0.245 e. The number of nitrogens with zero attached hydrogens (tertiary/aromatic N) is 2. The van der Waals surface area contributed by atoms with E-state index >= 15 is 0 Å². The van der Waals surface area contributed by atoms with E-state index in [1.54, 1.807) is 11.1 Å². The Labute approximate surface area is 136 Å². The van der Waals surface area contributed by atoms with Crippen LogP contribution in [0.1, 0.15) is 52.4 Å². The number of rotatable bonds is 6. The average molecular weight is 323 g/mol. The standard InChI is InChI=1S/C16H25N3O2S/c1-3-12(2)19(15(21)13-7-5-4-6-8-13)11-14(20)18-16-17-9-10-22-16/h9-10,12-13H,3-8,11H2,1-2H3,(H,17,18,20). The zero-order chi connectivity index (χ0) is 15.9. The van der Waals surface area contributed by atoms with Gasteiger partial charge >= 0.3 is 0 Å². The first kappa shape index (κ1) is 16.9. The summed E-state index contributed by atoms with van der Waals surface area (Å²) in [5.74, 6) is 0.0677. The molecule has 1 aliphatic rings. The van der Waals surface area contributed by atoms with Crippen LogP contribution in [0.15, 0.2) is 11.6 Å². The Morgan fingerprint density at radius 3 is 2.73 bits per heavy atom. The van der Waals surface area contributed by atoms with Gasteiger partial charge in [-0.1, -0.05) is 26.2 Å². The van der Waals surface area contributed by atoms with E-state index in [-0.39, 0.29) is 30.3 Å². The summed E-state index contributed by atoms with van der Waals surface area (Å²) in [5, 5.41) is 5.16. The maximum atomic E-state index is 12.8. The van der Waals surface area contributed by atoms with Gasteiger partial charge in [0.25, 0.3) is 0 Å². The molecule has 1 aliphatic carbocycles. The van der Waals surface area contributed by atoms with Crippen molar-refractivity contribution in [2.75, 3.05) is 11.9 Å². The zero-order valence-electron chi connectivity index (χ0n) is 13.4. The van der Waals surface area contributed by atoms with Gasteiger partial charge in [0.2, 0.25) is 11.8 Å². The normalized spacial score (nSPS) is 17.0. The summed E-state index contributed by atoms with van der Waals surface area (Å²) in [4.78, 5) is 30.8. The zero-order valence-corrected chi connectivity index (χ0v) is 14.2. The van der Waals surface area contributed by atoms with Crippen LogP contribution < -0.4 is 5.32 Å². The molecule has 0 radical (unpaired) electrons. The van der Waals surface area contributed by atoms with E-state index in [0.29, 0.717) is 5.13 Å². The van der Waals surface area contributed by atoms with E-state index in [9.17, 15) is 9.59 Å². The van der Waals surface area contributed by atoms with Crippen molar-refractivity contribution in [3.63, 3.8) is 0 Å². The molecule has 1 heterocycles. The molecule has 0 aliphatic heterocycles. The topological polar surface area (TPSA) is 62.3 Å². The number of aromatic nitrogens is 1. The van der Waals surface area contributed by atoms with Crippen LogP contribution >= 0.6 is 11.3 Å². The number of hydrogen-bond donors (Lipinski definition) is 1. The van der Waals surface area contributed by atoms with Crippen LogP contribution in [0.5, 0.6) is 0 Å². The first-order chi connectivity index (χ1) is 10.6. The summed E-state index contributed by atoms with van der Waals surface area (Å²) in [6.45, 7) is 4.17. The molecule has 0 saturated heterocycles. The Kier molecular flexibility index (Phi) is 6.36. The Morgan fingerprint density at radius 1 is 1.41 bits per heavy atom. The van der Waals surface area contributed by atoms with Crippen LogP contribution in [0, 0.1) is 5.92 Å². The van der Waals surface area contributed by atoms with Gasteiger partial charge in [-0.15, -0.1) is 11.3 Å². The molecule has 122 valence electrons. The van der Waals surface area contributed by atoms with Crippen molar-refractivity contribution in [2.24, 2.45) is 5.92 Å². The highest BCUT2D eigenvalue weighted by Gasteiger charge is 2.29. The summed E-state index contributed by atoms with van der Waals surface area (Å²) in [6.07, 6.45) is 7.88. The van der Waals surface area contributed by atoms with E-state index in [1.807, 2.05) is 19.2 Å². The number of amides is 2. The molecule has 5 nitrogen and oxygen atoms in total. The number of nitrogens with one attached hydrogen (secondary N) is 1. The van der Waals surface area contributed by atoms with Crippen molar-refractivity contribution in [1.29, 1.82) is 0 Å². The highest BCUT2D eigenvalue weighted by atomic mass is 32.1. The minimum atomic E-state index is -0.167. The lowest BCUT2D eigenvalue weighted by Crippen LogP contribution is -2.46. The first-order valence-corrected chi connectivity index (χ1v) is 8.99. The lowest BCUT2D eigenvalue weighted by molar-refractivity contribution is -0.141. The van der Waals surface area contributed by atoms with Gasteiger partial charge in [0.05, 0.1) is 0 Å². The minimum Gasteiger partial charge on any atom is -0.330 e. The second kappa shape index (κ2) is 8.27. The van der Waals surface area contributed by atoms with Crippen molar-refractivity contribution >= 4 is 28.3 Å². The molecule has 0 aromatic carbocycles. The molecule has 0 spiro atoms. The number of carbonyl (C=O) groups is 2. The Bertz CT molecular complexity index is 484. The van der Waals surface area contributed by atoms with Gasteiger partial charge in [-0.25, -0.2) is 4.98 Å². The van der Waals surface area contributed by atoms with Crippen molar-refractivity contribution in [1.82, 2.24) is 9.88 Å². The predicted octanol–water partition coefficient (Wildman–Crippen LogP) is 3.29. The quantitative estimate of drug-likeness (QED) is 0.874. The molecule has 1 N–H and O–H groups in total. The molecule has 1 aromatic rings. The maximum Gasteiger partial charge on any atom is 0.245 e. The van der Waals surface area contributed by atoms with Crippen LogP contribution in [-0.2, 0) is 9.59 Å². The molecule has 1 fully saturated rings. The highest BCUT2D eigenvalue weighted by molar-refractivity contribution is 7.13. The first-order valence-electron chi connectivity index (χ1n) is 8.11. The largest absolute Gasteiger partial charge is 0.330 e. The van der Waals surface area contributed by atoms with Gasteiger partial charge < -0.3 is 10.2 Å². The minimum absolute atomic E-state index is 0.0801. The summed E-state index contributed by atoms with van der Waals surface area (Å²) < 4.78 is 0. The fourth-order valence-corrected chi connectivity index (χ4v) is 3.40. The lowest BCUT2D eigenvalue weighted by atomic mass is 9.88. The van der Waals surface area contributed by atoms with Crippen molar-refractivity contribution in [3.05, 3.63) is 11.6 Å². The van der Waals surface area contributed by atoms with Crippen molar-refractivity contribution in [3.8, 4) is 0 Å². The third-order valence-corrected chi connectivity index (χ3v) is 5.04. The van der Waals surface area contributed by atoms with Crippen LogP contribution in [0.25, 0.3) is 0 Å². The highest BCUT2D eigenvalue weighted by Crippen LogP contribution is 2.26. The Morgan fingerprint density at radius 2 is 2.14 bits per heavy atom. The van der Waals surface area contributed by atoms with E-state index in [1.165, 1.54) is 17.8 Å². The molecular formula is C16H25N3O2S. The van der Waals surface area contributed by atoms with E-state index in [2.05, 4.69) is 10.3 Å². The number of hydrogen-bond acceptors (Lipinski definition) is 4. The third kappa shape index (κ3) is 4.53. The predicted molar refractivity (Wildman–Crippen MR) is 88.8 cm³/mol. The molecule has 1 unspecified atom stereocenters. The van der Waals surface area contributed by atoms with E-state index in [0.717, 1.165) is 32.1 Å². The maximum absolute atomic E-state index is 12.8. The van der Waals surface area contributed by atoms with Gasteiger partial charge in [-0.05, 0) is 26.2 Å². The SMILES string of the molecule is CCC(C)N(CC(=O)Nc1nccs1)C(=O)C1CCCCC1. The summed E-state index contributed by atoms with van der Waals surface area (Å²) >= 11 is 1.38. The summed E-state index contributed by atoms with van der Waals surface area (Å²) in [6, 6.07) is 0.0801. The monoisotopic (exact) mass is 323 g/mol. The molecule has 0 bridgehead atoms. The Hall–Kier alpha value is -1.43. The third-order valence-electron chi connectivity index (χ3n) is 4.35. The van der Waals surface area contributed by atoms with E-state index in [4.69, 9.17) is 0 Å². The van der Waals surface area contributed by atoms with Crippen molar-refractivity contribution < 1.29 is 9.59 Å². The molecule has 1 atom stereocenters. The summed E-state index contributed by atoms with van der Waals surface area (Å²) in [7, 11) is 0. The fraction of sp³-hybridized carbons (Fsp3) is 0.688. The van der Waals surface area contributed by atoms with Crippen LogP contribution in [-0.4, -0.2) is 34.3 Å². The second-order valence-corrected chi connectivity index (χ2v) is 6.84. The lowest BCUT2D eigenvalue weighted by Gasteiger charge is -2.32. The van der Waals surface area contributed by atoms with Crippen LogP contribution in [0.3, 0.4) is 0 Å². The number of thiazole rings is 1. The molecule has 6 heteroatoms. The molecule has 1 saturated carbocycles. The number of carbonyl (C=O) groups excluding carboxylic acids is 2. The molecule has 22 heavy (non-hydrogen) atoms. The fourth-order valence-electron chi connectivity index (χ4n) is 2.85.